The summed E-state index contributed by atoms with van der Waals surface area (Å²) in [6.45, 7) is 0. The van der Waals surface area contributed by atoms with Gasteiger partial charge in [0, 0.05) is 18.5 Å². The van der Waals surface area contributed by atoms with E-state index in [0.29, 0.717) is 22.4 Å². The SMILES string of the molecule is O=[N+]([O-])c1cc2ncc3nncn3c2cc1-n1ccnc1. The van der Waals surface area contributed by atoms with E-state index in [0.717, 1.165) is 0 Å². The lowest BCUT2D eigenvalue weighted by molar-refractivity contribution is -0.384. The molecule has 0 aliphatic heterocycles. The van der Waals surface area contributed by atoms with Gasteiger partial charge in [-0.25, -0.2) is 4.98 Å². The molecular formula is C12H7N7O2. The number of benzene rings is 1. The predicted octanol–water partition coefficient (Wildman–Crippen LogP) is 1.37. The molecule has 0 saturated heterocycles. The molecule has 0 aliphatic rings. The van der Waals surface area contributed by atoms with Gasteiger partial charge in [-0.05, 0) is 6.07 Å². The lowest BCUT2D eigenvalue weighted by Crippen LogP contribution is -2.00. The molecule has 9 nitrogen and oxygen atoms in total. The van der Waals surface area contributed by atoms with Crippen LogP contribution in [0.3, 0.4) is 0 Å². The van der Waals surface area contributed by atoms with Crippen molar-refractivity contribution in [3.8, 4) is 5.69 Å². The maximum atomic E-state index is 11.3. The normalized spacial score (nSPS) is 11.2. The van der Waals surface area contributed by atoms with Crippen molar-refractivity contribution in [1.29, 1.82) is 0 Å². The Morgan fingerprint density at radius 1 is 1.24 bits per heavy atom. The number of imidazole rings is 1. The van der Waals surface area contributed by atoms with Gasteiger partial charge in [-0.1, -0.05) is 0 Å². The Kier molecular flexibility index (Phi) is 2.22. The summed E-state index contributed by atoms with van der Waals surface area (Å²) in [6.07, 6.45) is 7.78. The zero-order valence-corrected chi connectivity index (χ0v) is 10.5. The molecule has 102 valence electrons. The van der Waals surface area contributed by atoms with Crippen LogP contribution in [0.25, 0.3) is 22.4 Å². The van der Waals surface area contributed by atoms with Crippen molar-refractivity contribution in [2.45, 2.75) is 0 Å². The maximum Gasteiger partial charge on any atom is 0.295 e. The minimum Gasteiger partial charge on any atom is -0.300 e. The van der Waals surface area contributed by atoms with Crippen LogP contribution in [0.1, 0.15) is 0 Å². The second-order valence-corrected chi connectivity index (χ2v) is 4.37. The van der Waals surface area contributed by atoms with Crippen molar-refractivity contribution < 1.29 is 4.92 Å². The van der Waals surface area contributed by atoms with E-state index < -0.39 is 4.92 Å². The van der Waals surface area contributed by atoms with E-state index in [1.165, 1.54) is 18.6 Å². The average Bonchev–Trinajstić information content (AvgIpc) is 3.16. The van der Waals surface area contributed by atoms with E-state index in [2.05, 4.69) is 20.2 Å². The van der Waals surface area contributed by atoms with E-state index in [4.69, 9.17) is 0 Å². The van der Waals surface area contributed by atoms with Crippen molar-refractivity contribution >= 4 is 22.4 Å². The fourth-order valence-corrected chi connectivity index (χ4v) is 2.25. The quantitative estimate of drug-likeness (QED) is 0.406. The number of nitro groups is 1. The van der Waals surface area contributed by atoms with Crippen LogP contribution in [0.5, 0.6) is 0 Å². The number of fused-ring (bicyclic) bond motifs is 3. The number of hydrogen-bond donors (Lipinski definition) is 0. The molecule has 0 N–H and O–H groups in total. The topological polar surface area (TPSA) is 104 Å². The maximum absolute atomic E-state index is 11.3. The zero-order chi connectivity index (χ0) is 14.4. The van der Waals surface area contributed by atoms with Gasteiger partial charge in [-0.3, -0.25) is 19.5 Å². The van der Waals surface area contributed by atoms with Crippen LogP contribution in [-0.4, -0.2) is 34.1 Å². The highest BCUT2D eigenvalue weighted by Crippen LogP contribution is 2.28. The van der Waals surface area contributed by atoms with Gasteiger partial charge in [0.25, 0.3) is 5.69 Å². The van der Waals surface area contributed by atoms with E-state index in [1.807, 2.05) is 0 Å². The Morgan fingerprint density at radius 3 is 2.90 bits per heavy atom. The molecule has 4 aromatic rings. The first kappa shape index (κ1) is 11.5. The summed E-state index contributed by atoms with van der Waals surface area (Å²) in [6, 6.07) is 3.11. The van der Waals surface area contributed by atoms with Crippen molar-refractivity contribution in [3.05, 3.63) is 53.5 Å². The Bertz CT molecular complexity index is 974. The molecule has 0 saturated carbocycles. The summed E-state index contributed by atoms with van der Waals surface area (Å²) in [5, 5.41) is 19.0. The molecule has 9 heteroatoms. The van der Waals surface area contributed by atoms with Crippen molar-refractivity contribution in [3.63, 3.8) is 0 Å². The number of nitro benzene ring substituents is 1. The summed E-state index contributed by atoms with van der Waals surface area (Å²) in [5.74, 6) is 0. The number of hydrogen-bond acceptors (Lipinski definition) is 6. The minimum absolute atomic E-state index is 0.0413. The third-order valence-electron chi connectivity index (χ3n) is 3.20. The summed E-state index contributed by atoms with van der Waals surface area (Å²) < 4.78 is 3.31. The molecule has 0 atom stereocenters. The van der Waals surface area contributed by atoms with Gasteiger partial charge < -0.3 is 4.57 Å². The molecule has 0 unspecified atom stereocenters. The van der Waals surface area contributed by atoms with Crippen LogP contribution in [0.2, 0.25) is 0 Å². The van der Waals surface area contributed by atoms with Crippen LogP contribution >= 0.6 is 0 Å². The Labute approximate surface area is 116 Å². The molecule has 3 heterocycles. The van der Waals surface area contributed by atoms with Crippen LogP contribution < -0.4 is 0 Å². The lowest BCUT2D eigenvalue weighted by atomic mass is 10.2. The zero-order valence-electron chi connectivity index (χ0n) is 10.5. The van der Waals surface area contributed by atoms with Gasteiger partial charge in [0.05, 0.1) is 28.5 Å². The van der Waals surface area contributed by atoms with Crippen LogP contribution in [0, 0.1) is 10.1 Å². The molecule has 3 aromatic heterocycles. The van der Waals surface area contributed by atoms with Gasteiger partial charge in [0.2, 0.25) is 0 Å². The van der Waals surface area contributed by atoms with Crippen molar-refractivity contribution in [1.82, 2.24) is 29.1 Å². The van der Waals surface area contributed by atoms with Gasteiger partial charge in [-0.2, -0.15) is 0 Å². The molecule has 0 spiro atoms. The fourth-order valence-electron chi connectivity index (χ4n) is 2.25. The smallest absolute Gasteiger partial charge is 0.295 e. The molecule has 0 fully saturated rings. The molecule has 0 amide bonds. The van der Waals surface area contributed by atoms with Crippen molar-refractivity contribution in [2.75, 3.05) is 0 Å². The monoisotopic (exact) mass is 281 g/mol. The summed E-state index contributed by atoms with van der Waals surface area (Å²) in [5.41, 5.74) is 2.13. The highest BCUT2D eigenvalue weighted by atomic mass is 16.6. The van der Waals surface area contributed by atoms with Gasteiger partial charge in [0.1, 0.15) is 12.0 Å². The summed E-state index contributed by atoms with van der Waals surface area (Å²) in [7, 11) is 0. The highest BCUT2D eigenvalue weighted by Gasteiger charge is 2.18. The second kappa shape index (κ2) is 4.07. The third-order valence-corrected chi connectivity index (χ3v) is 3.20. The minimum atomic E-state index is -0.438. The summed E-state index contributed by atoms with van der Waals surface area (Å²) >= 11 is 0. The van der Waals surface area contributed by atoms with E-state index in [1.54, 1.807) is 33.8 Å². The molecule has 4 rings (SSSR count). The number of nitrogens with zero attached hydrogens (tertiary/aromatic N) is 7. The van der Waals surface area contributed by atoms with Gasteiger partial charge in [0.15, 0.2) is 5.65 Å². The Morgan fingerprint density at radius 2 is 2.14 bits per heavy atom. The molecule has 21 heavy (non-hydrogen) atoms. The third kappa shape index (κ3) is 1.64. The van der Waals surface area contributed by atoms with E-state index in [-0.39, 0.29) is 5.69 Å². The van der Waals surface area contributed by atoms with Gasteiger partial charge >= 0.3 is 0 Å². The van der Waals surface area contributed by atoms with E-state index >= 15 is 0 Å². The lowest BCUT2D eigenvalue weighted by Gasteiger charge is -2.06. The summed E-state index contributed by atoms with van der Waals surface area (Å²) in [4.78, 5) is 19.0. The molecule has 1 aromatic carbocycles. The van der Waals surface area contributed by atoms with Crippen LogP contribution in [0.4, 0.5) is 5.69 Å². The Hall–Kier alpha value is -3.36. The first-order valence-corrected chi connectivity index (χ1v) is 5.99. The molecular weight excluding hydrogens is 274 g/mol. The first-order valence-electron chi connectivity index (χ1n) is 5.99. The van der Waals surface area contributed by atoms with E-state index in [9.17, 15) is 10.1 Å². The first-order chi connectivity index (χ1) is 10.2. The standard InChI is InChI=1S/C12H7N7O2/c20-19(21)11-3-8-9(4-10(11)17-2-1-13-6-17)18-7-15-16-12(18)5-14-8/h1-7H. The number of rotatable bonds is 2. The van der Waals surface area contributed by atoms with Crippen LogP contribution in [0.15, 0.2) is 43.4 Å². The largest absolute Gasteiger partial charge is 0.300 e. The molecule has 0 radical (unpaired) electrons. The number of aromatic nitrogens is 6. The van der Waals surface area contributed by atoms with Crippen molar-refractivity contribution in [2.24, 2.45) is 0 Å². The molecule has 0 bridgehead atoms. The van der Waals surface area contributed by atoms with Gasteiger partial charge in [-0.15, -0.1) is 10.2 Å². The Balaban J connectivity index is 2.14. The van der Waals surface area contributed by atoms with Crippen LogP contribution in [-0.2, 0) is 0 Å². The fraction of sp³-hybridized carbons (Fsp3) is 0. The average molecular weight is 281 g/mol. The predicted molar refractivity (Wildman–Crippen MR) is 72.1 cm³/mol. The second-order valence-electron chi connectivity index (χ2n) is 4.37. The highest BCUT2D eigenvalue weighted by molar-refractivity contribution is 5.83. The molecule has 0 aliphatic carbocycles.